The molecule has 0 spiro atoms. The zero-order valence-corrected chi connectivity index (χ0v) is 15.3. The molecule has 0 bridgehead atoms. The van der Waals surface area contributed by atoms with E-state index in [2.05, 4.69) is 31.3 Å². The molecule has 2 aliphatic rings. The molecular weight excluding hydrogens is 330 g/mol. The first-order chi connectivity index (χ1) is 12.8. The van der Waals surface area contributed by atoms with Crippen molar-refractivity contribution < 1.29 is 4.74 Å². The third-order valence-electron chi connectivity index (χ3n) is 5.10. The summed E-state index contributed by atoms with van der Waals surface area (Å²) >= 11 is 0. The number of hydrogen-bond donors (Lipinski definition) is 1. The lowest BCUT2D eigenvalue weighted by Crippen LogP contribution is -2.42. The highest BCUT2D eigenvalue weighted by Gasteiger charge is 2.21. The van der Waals surface area contributed by atoms with E-state index in [9.17, 15) is 0 Å². The van der Waals surface area contributed by atoms with Crippen molar-refractivity contribution in [3.05, 3.63) is 30.2 Å². The van der Waals surface area contributed by atoms with E-state index in [0.29, 0.717) is 6.04 Å². The molecule has 1 N–H and O–H groups in total. The molecule has 0 saturated carbocycles. The van der Waals surface area contributed by atoms with E-state index >= 15 is 0 Å². The smallest absolute Gasteiger partial charge is 0.227 e. The Morgan fingerprint density at radius 2 is 2.08 bits per heavy atom. The van der Waals surface area contributed by atoms with Crippen LogP contribution in [0.25, 0.3) is 0 Å². The van der Waals surface area contributed by atoms with Gasteiger partial charge in [0, 0.05) is 51.7 Å². The minimum absolute atomic E-state index is 0.407. The van der Waals surface area contributed by atoms with E-state index in [1.807, 2.05) is 30.2 Å². The maximum Gasteiger partial charge on any atom is 0.227 e. The Hall–Kier alpha value is -2.19. The molecule has 1 unspecified atom stereocenters. The zero-order chi connectivity index (χ0) is 17.8. The fraction of sp³-hybridized carbons (Fsp3) is 0.611. The number of piperidine rings is 1. The maximum atomic E-state index is 5.41. The molecular formula is C18H27N7O. The van der Waals surface area contributed by atoms with Crippen LogP contribution in [0.5, 0.6) is 0 Å². The normalized spacial score (nSPS) is 21.7. The molecule has 0 amide bonds. The molecule has 4 rings (SSSR count). The molecule has 2 aliphatic heterocycles. The van der Waals surface area contributed by atoms with Gasteiger partial charge in [0.15, 0.2) is 0 Å². The monoisotopic (exact) mass is 357 g/mol. The number of nitrogens with zero attached hydrogens (tertiary/aromatic N) is 6. The fourth-order valence-electron chi connectivity index (χ4n) is 3.66. The number of anilines is 2. The molecule has 0 aromatic carbocycles. The lowest BCUT2D eigenvalue weighted by molar-refractivity contribution is 0.122. The molecule has 2 aromatic rings. The van der Waals surface area contributed by atoms with Crippen molar-refractivity contribution in [2.45, 2.75) is 25.4 Å². The van der Waals surface area contributed by atoms with Crippen LogP contribution in [-0.2, 0) is 18.3 Å². The number of ether oxygens (including phenoxy) is 1. The standard InChI is InChI=1S/C18H27N7O/c1-23-16(4-7-20-23)14-24-8-2-3-15(13-24)21-17-5-6-19-18(22-17)25-9-11-26-12-10-25/h4-7,15H,2-3,8-14H2,1H3,(H,19,21,22). The van der Waals surface area contributed by atoms with Gasteiger partial charge >= 0.3 is 0 Å². The Labute approximate surface area is 154 Å². The number of hydrogen-bond acceptors (Lipinski definition) is 7. The van der Waals surface area contributed by atoms with Crippen molar-refractivity contribution in [2.24, 2.45) is 7.05 Å². The van der Waals surface area contributed by atoms with Crippen LogP contribution in [0.1, 0.15) is 18.5 Å². The van der Waals surface area contributed by atoms with Crippen molar-refractivity contribution in [1.29, 1.82) is 0 Å². The summed E-state index contributed by atoms with van der Waals surface area (Å²) in [6.07, 6.45) is 6.06. The van der Waals surface area contributed by atoms with Gasteiger partial charge in [-0.05, 0) is 31.5 Å². The molecule has 1 atom stereocenters. The second-order valence-electron chi connectivity index (χ2n) is 7.01. The second kappa shape index (κ2) is 8.01. The number of morpholine rings is 1. The van der Waals surface area contributed by atoms with E-state index in [-0.39, 0.29) is 0 Å². The van der Waals surface area contributed by atoms with Crippen LogP contribution < -0.4 is 10.2 Å². The molecule has 4 heterocycles. The lowest BCUT2D eigenvalue weighted by atomic mass is 10.1. The molecule has 2 saturated heterocycles. The first-order valence-corrected chi connectivity index (χ1v) is 9.39. The van der Waals surface area contributed by atoms with E-state index in [4.69, 9.17) is 9.72 Å². The van der Waals surface area contributed by atoms with Gasteiger partial charge in [0.1, 0.15) is 5.82 Å². The van der Waals surface area contributed by atoms with E-state index in [0.717, 1.165) is 57.7 Å². The SMILES string of the molecule is Cn1nccc1CN1CCCC(Nc2ccnc(N3CCOCC3)n2)C1. The van der Waals surface area contributed by atoms with Crippen LogP contribution in [0.4, 0.5) is 11.8 Å². The quantitative estimate of drug-likeness (QED) is 0.860. The third kappa shape index (κ3) is 4.13. The summed E-state index contributed by atoms with van der Waals surface area (Å²) in [6, 6.07) is 4.46. The van der Waals surface area contributed by atoms with Gasteiger partial charge in [-0.15, -0.1) is 0 Å². The van der Waals surface area contributed by atoms with E-state index < -0.39 is 0 Å². The minimum Gasteiger partial charge on any atom is -0.378 e. The van der Waals surface area contributed by atoms with Gasteiger partial charge < -0.3 is 15.0 Å². The van der Waals surface area contributed by atoms with E-state index in [1.165, 1.54) is 18.5 Å². The van der Waals surface area contributed by atoms with Crippen LogP contribution in [0.2, 0.25) is 0 Å². The summed E-state index contributed by atoms with van der Waals surface area (Å²) in [4.78, 5) is 13.8. The van der Waals surface area contributed by atoms with Gasteiger partial charge in [0.2, 0.25) is 5.95 Å². The molecule has 26 heavy (non-hydrogen) atoms. The number of nitrogens with one attached hydrogen (secondary N) is 1. The van der Waals surface area contributed by atoms with Gasteiger partial charge in [-0.1, -0.05) is 0 Å². The summed E-state index contributed by atoms with van der Waals surface area (Å²) in [5, 5.41) is 7.88. The van der Waals surface area contributed by atoms with Crippen molar-refractivity contribution in [3.8, 4) is 0 Å². The lowest BCUT2D eigenvalue weighted by Gasteiger charge is -2.33. The Balaban J connectivity index is 1.36. The van der Waals surface area contributed by atoms with Crippen molar-refractivity contribution in [3.63, 3.8) is 0 Å². The van der Waals surface area contributed by atoms with Crippen LogP contribution in [0, 0.1) is 0 Å². The summed E-state index contributed by atoms with van der Waals surface area (Å²) in [5.41, 5.74) is 1.25. The van der Waals surface area contributed by atoms with E-state index in [1.54, 1.807) is 0 Å². The summed E-state index contributed by atoms with van der Waals surface area (Å²) in [5.74, 6) is 1.70. The average molecular weight is 357 g/mol. The molecule has 2 fully saturated rings. The van der Waals surface area contributed by atoms with Crippen LogP contribution in [0.3, 0.4) is 0 Å². The molecule has 8 nitrogen and oxygen atoms in total. The van der Waals surface area contributed by atoms with Crippen molar-refractivity contribution >= 4 is 11.8 Å². The highest BCUT2D eigenvalue weighted by atomic mass is 16.5. The van der Waals surface area contributed by atoms with Gasteiger partial charge in [-0.2, -0.15) is 10.1 Å². The largest absolute Gasteiger partial charge is 0.378 e. The average Bonchev–Trinajstić information content (AvgIpc) is 3.08. The number of aryl methyl sites for hydroxylation is 1. The summed E-state index contributed by atoms with van der Waals surface area (Å²) in [7, 11) is 2.00. The Morgan fingerprint density at radius 3 is 2.88 bits per heavy atom. The first kappa shape index (κ1) is 17.2. The Bertz CT molecular complexity index is 713. The second-order valence-corrected chi connectivity index (χ2v) is 7.01. The molecule has 2 aromatic heterocycles. The van der Waals surface area contributed by atoms with Crippen LogP contribution in [-0.4, -0.2) is 70.1 Å². The van der Waals surface area contributed by atoms with Crippen molar-refractivity contribution in [2.75, 3.05) is 49.6 Å². The van der Waals surface area contributed by atoms with Gasteiger partial charge in [-0.3, -0.25) is 9.58 Å². The molecule has 0 radical (unpaired) electrons. The van der Waals surface area contributed by atoms with Crippen LogP contribution in [0.15, 0.2) is 24.5 Å². The highest BCUT2D eigenvalue weighted by Crippen LogP contribution is 2.18. The zero-order valence-electron chi connectivity index (χ0n) is 15.3. The Morgan fingerprint density at radius 1 is 1.19 bits per heavy atom. The summed E-state index contributed by atoms with van der Waals surface area (Å²) < 4.78 is 7.37. The number of aromatic nitrogens is 4. The minimum atomic E-state index is 0.407. The highest BCUT2D eigenvalue weighted by molar-refractivity contribution is 5.42. The first-order valence-electron chi connectivity index (χ1n) is 9.39. The Kier molecular flexibility index (Phi) is 5.31. The van der Waals surface area contributed by atoms with Crippen LogP contribution >= 0.6 is 0 Å². The van der Waals surface area contributed by atoms with Gasteiger partial charge in [-0.25, -0.2) is 4.98 Å². The van der Waals surface area contributed by atoms with Gasteiger partial charge in [0.05, 0.1) is 18.9 Å². The summed E-state index contributed by atoms with van der Waals surface area (Å²) in [6.45, 7) is 6.28. The van der Waals surface area contributed by atoms with Gasteiger partial charge in [0.25, 0.3) is 0 Å². The van der Waals surface area contributed by atoms with Crippen molar-refractivity contribution in [1.82, 2.24) is 24.6 Å². The maximum absolute atomic E-state index is 5.41. The number of rotatable bonds is 5. The molecule has 140 valence electrons. The predicted molar refractivity (Wildman–Crippen MR) is 100 cm³/mol. The molecule has 8 heteroatoms. The fourth-order valence-corrected chi connectivity index (χ4v) is 3.66. The molecule has 0 aliphatic carbocycles. The third-order valence-corrected chi connectivity index (χ3v) is 5.10. The predicted octanol–water partition coefficient (Wildman–Crippen LogP) is 1.12. The topological polar surface area (TPSA) is 71.3 Å². The number of likely N-dealkylation sites (tertiary alicyclic amines) is 1.